The summed E-state index contributed by atoms with van der Waals surface area (Å²) in [6, 6.07) is 3.35. The topological polar surface area (TPSA) is 106 Å². The van der Waals surface area contributed by atoms with E-state index in [-0.39, 0.29) is 10.8 Å². The van der Waals surface area contributed by atoms with Crippen LogP contribution in [0.5, 0.6) is 11.5 Å². The first-order valence-electron chi connectivity index (χ1n) is 6.15. The molecule has 0 radical (unpaired) electrons. The standard InChI is InChI=1S/C13H13N3O5S/c1-20-6-3-4-7(8(5-6)21-2)14-12(19)10(17)9-11(18)16-13(22)15-9/h3-5,9H,1-2H3,(H,14,19)(H2,15,16,18,22)/t9-/m1/s1. The molecule has 1 atom stereocenters. The molecule has 1 aromatic carbocycles. The number of benzene rings is 1. The van der Waals surface area contributed by atoms with Gasteiger partial charge in [0.05, 0.1) is 19.9 Å². The van der Waals surface area contributed by atoms with Crippen molar-refractivity contribution in [2.24, 2.45) is 0 Å². The van der Waals surface area contributed by atoms with Crippen molar-refractivity contribution in [1.29, 1.82) is 0 Å². The van der Waals surface area contributed by atoms with E-state index in [1.165, 1.54) is 20.3 Å². The van der Waals surface area contributed by atoms with Crippen molar-refractivity contribution in [3.05, 3.63) is 18.2 Å². The van der Waals surface area contributed by atoms with E-state index in [0.29, 0.717) is 11.5 Å². The minimum absolute atomic E-state index is 0.0122. The Morgan fingerprint density at radius 3 is 2.55 bits per heavy atom. The van der Waals surface area contributed by atoms with Crippen LogP contribution < -0.4 is 25.4 Å². The molecule has 0 bridgehead atoms. The molecular weight excluding hydrogens is 310 g/mol. The van der Waals surface area contributed by atoms with Gasteiger partial charge in [0.15, 0.2) is 11.2 Å². The molecule has 1 aromatic rings. The second-order valence-corrected chi connectivity index (χ2v) is 4.69. The lowest BCUT2D eigenvalue weighted by atomic mass is 10.1. The van der Waals surface area contributed by atoms with Crippen LogP contribution >= 0.6 is 12.2 Å². The predicted molar refractivity (Wildman–Crippen MR) is 80.8 cm³/mol. The number of thiocarbonyl (C=S) groups is 1. The summed E-state index contributed by atoms with van der Waals surface area (Å²) in [6.07, 6.45) is 0. The van der Waals surface area contributed by atoms with Crippen LogP contribution in [0.25, 0.3) is 0 Å². The SMILES string of the molecule is COc1ccc(NC(=O)C(=O)[C@H]2NC(=S)NC2=O)c(OC)c1. The third kappa shape index (κ3) is 3.14. The Balaban J connectivity index is 2.13. The molecule has 2 rings (SSSR count). The highest BCUT2D eigenvalue weighted by atomic mass is 32.1. The van der Waals surface area contributed by atoms with Crippen molar-refractivity contribution in [3.8, 4) is 11.5 Å². The number of ether oxygens (including phenoxy) is 2. The van der Waals surface area contributed by atoms with Crippen molar-refractivity contribution in [1.82, 2.24) is 10.6 Å². The van der Waals surface area contributed by atoms with Crippen molar-refractivity contribution in [2.45, 2.75) is 6.04 Å². The van der Waals surface area contributed by atoms with Crippen LogP contribution in [-0.2, 0) is 14.4 Å². The molecule has 1 aliphatic heterocycles. The quantitative estimate of drug-likeness (QED) is 0.384. The second kappa shape index (κ2) is 6.39. The molecule has 3 N–H and O–H groups in total. The zero-order chi connectivity index (χ0) is 16.3. The summed E-state index contributed by atoms with van der Waals surface area (Å²) in [7, 11) is 2.90. The summed E-state index contributed by atoms with van der Waals surface area (Å²) < 4.78 is 10.1. The number of carbonyl (C=O) groups is 3. The number of Topliss-reactive ketones (excluding diaryl/α,β-unsaturated/α-hetero) is 1. The number of hydrogen-bond acceptors (Lipinski definition) is 6. The lowest BCUT2D eigenvalue weighted by Gasteiger charge is -2.12. The van der Waals surface area contributed by atoms with Gasteiger partial charge in [0.2, 0.25) is 0 Å². The summed E-state index contributed by atoms with van der Waals surface area (Å²) in [6.45, 7) is 0. The van der Waals surface area contributed by atoms with Gasteiger partial charge in [-0.2, -0.15) is 0 Å². The van der Waals surface area contributed by atoms with E-state index in [9.17, 15) is 14.4 Å². The predicted octanol–water partition coefficient (Wildman–Crippen LogP) is -0.416. The molecule has 0 unspecified atom stereocenters. The van der Waals surface area contributed by atoms with E-state index < -0.39 is 23.6 Å². The minimum Gasteiger partial charge on any atom is -0.497 e. The zero-order valence-corrected chi connectivity index (χ0v) is 12.6. The maximum Gasteiger partial charge on any atom is 0.294 e. The summed E-state index contributed by atoms with van der Waals surface area (Å²) in [5, 5.41) is 7.07. The third-order valence-corrected chi connectivity index (χ3v) is 3.14. The van der Waals surface area contributed by atoms with Gasteiger partial charge in [-0.1, -0.05) is 0 Å². The number of amides is 2. The Hall–Kier alpha value is -2.68. The number of ketones is 1. The number of carbonyl (C=O) groups excluding carboxylic acids is 3. The first-order chi connectivity index (χ1) is 10.5. The van der Waals surface area contributed by atoms with Crippen LogP contribution in [0.1, 0.15) is 0 Å². The van der Waals surface area contributed by atoms with E-state index in [4.69, 9.17) is 21.7 Å². The molecule has 116 valence electrons. The molecular formula is C13H13N3O5S. The van der Waals surface area contributed by atoms with Crippen molar-refractivity contribution >= 4 is 40.6 Å². The number of hydrogen-bond donors (Lipinski definition) is 3. The summed E-state index contributed by atoms with van der Waals surface area (Å²) in [5.74, 6) is -1.72. The Kier molecular flexibility index (Phi) is 4.56. The van der Waals surface area contributed by atoms with Crippen LogP contribution in [0.15, 0.2) is 18.2 Å². The average molecular weight is 323 g/mol. The molecule has 1 aliphatic rings. The normalized spacial score (nSPS) is 16.5. The van der Waals surface area contributed by atoms with Gasteiger partial charge in [-0.3, -0.25) is 14.4 Å². The first kappa shape index (κ1) is 15.7. The maximum absolute atomic E-state index is 12.0. The maximum atomic E-state index is 12.0. The van der Waals surface area contributed by atoms with Gasteiger partial charge in [0, 0.05) is 6.07 Å². The fourth-order valence-electron chi connectivity index (χ4n) is 1.82. The molecule has 2 amide bonds. The molecule has 0 spiro atoms. The molecule has 0 aliphatic carbocycles. The van der Waals surface area contributed by atoms with Gasteiger partial charge < -0.3 is 25.4 Å². The van der Waals surface area contributed by atoms with Crippen molar-refractivity contribution < 1.29 is 23.9 Å². The number of anilines is 1. The van der Waals surface area contributed by atoms with E-state index in [0.717, 1.165) is 0 Å². The third-order valence-electron chi connectivity index (χ3n) is 2.92. The second-order valence-electron chi connectivity index (χ2n) is 4.28. The fourth-order valence-corrected chi connectivity index (χ4v) is 2.04. The highest BCUT2D eigenvalue weighted by molar-refractivity contribution is 7.80. The molecule has 1 fully saturated rings. The lowest BCUT2D eigenvalue weighted by molar-refractivity contribution is -0.138. The Morgan fingerprint density at radius 2 is 2.00 bits per heavy atom. The molecule has 0 saturated carbocycles. The molecule has 0 aromatic heterocycles. The van der Waals surface area contributed by atoms with Crippen LogP contribution in [0.4, 0.5) is 5.69 Å². The molecule has 1 heterocycles. The molecule has 1 saturated heterocycles. The van der Waals surface area contributed by atoms with E-state index in [1.54, 1.807) is 12.1 Å². The zero-order valence-electron chi connectivity index (χ0n) is 11.8. The Morgan fingerprint density at radius 1 is 1.27 bits per heavy atom. The van der Waals surface area contributed by atoms with E-state index >= 15 is 0 Å². The molecule has 8 nitrogen and oxygen atoms in total. The highest BCUT2D eigenvalue weighted by Crippen LogP contribution is 2.28. The fraction of sp³-hybridized carbons (Fsp3) is 0.231. The van der Waals surface area contributed by atoms with Gasteiger partial charge in [0.1, 0.15) is 11.5 Å². The highest BCUT2D eigenvalue weighted by Gasteiger charge is 2.37. The number of nitrogens with one attached hydrogen (secondary N) is 3. The van der Waals surface area contributed by atoms with Crippen LogP contribution in [-0.4, -0.2) is 43.0 Å². The first-order valence-corrected chi connectivity index (χ1v) is 6.55. The largest absolute Gasteiger partial charge is 0.497 e. The monoisotopic (exact) mass is 323 g/mol. The van der Waals surface area contributed by atoms with Crippen LogP contribution in [0, 0.1) is 0 Å². The Bertz CT molecular complexity index is 661. The summed E-state index contributed by atoms with van der Waals surface area (Å²) >= 11 is 4.72. The lowest BCUT2D eigenvalue weighted by Crippen LogP contribution is -2.43. The molecule has 22 heavy (non-hydrogen) atoms. The average Bonchev–Trinajstić information content (AvgIpc) is 2.85. The summed E-state index contributed by atoms with van der Waals surface area (Å²) in [5.41, 5.74) is 0.280. The summed E-state index contributed by atoms with van der Waals surface area (Å²) in [4.78, 5) is 35.4. The van der Waals surface area contributed by atoms with Crippen molar-refractivity contribution in [3.63, 3.8) is 0 Å². The van der Waals surface area contributed by atoms with Gasteiger partial charge in [-0.15, -0.1) is 0 Å². The van der Waals surface area contributed by atoms with Crippen LogP contribution in [0.3, 0.4) is 0 Å². The van der Waals surface area contributed by atoms with Crippen molar-refractivity contribution in [2.75, 3.05) is 19.5 Å². The number of rotatable bonds is 5. The van der Waals surface area contributed by atoms with Gasteiger partial charge in [-0.25, -0.2) is 0 Å². The number of methoxy groups -OCH3 is 2. The van der Waals surface area contributed by atoms with Gasteiger partial charge >= 0.3 is 0 Å². The van der Waals surface area contributed by atoms with Crippen LogP contribution in [0.2, 0.25) is 0 Å². The molecule has 9 heteroatoms. The van der Waals surface area contributed by atoms with Gasteiger partial charge in [0.25, 0.3) is 17.6 Å². The Labute approximate surface area is 131 Å². The van der Waals surface area contributed by atoms with E-state index in [2.05, 4.69) is 16.0 Å². The smallest absolute Gasteiger partial charge is 0.294 e. The van der Waals surface area contributed by atoms with Gasteiger partial charge in [-0.05, 0) is 24.4 Å². The minimum atomic E-state index is -1.32. The van der Waals surface area contributed by atoms with E-state index in [1.807, 2.05) is 0 Å².